The van der Waals surface area contributed by atoms with Gasteiger partial charge in [-0.1, -0.05) is 42.2 Å². The molecule has 156 valence electrons. The number of nitrogens with two attached hydrogens (primary N) is 1. The summed E-state index contributed by atoms with van der Waals surface area (Å²) in [7, 11) is 0. The van der Waals surface area contributed by atoms with E-state index < -0.39 is 0 Å². The minimum Gasteiger partial charge on any atom is -0.383 e. The SMILES string of the molecule is CC#CC(=O)N1CC[C@H](n2nc(C#Cc3ccc4ccccc4c3)c3c(N)ncnc32)C1. The summed E-state index contributed by atoms with van der Waals surface area (Å²) in [6, 6.07) is 14.2. The number of carbonyl (C=O) groups is 1. The van der Waals surface area contributed by atoms with Crippen LogP contribution in [0.2, 0.25) is 0 Å². The Balaban J connectivity index is 1.53. The maximum Gasteiger partial charge on any atom is 0.298 e. The van der Waals surface area contributed by atoms with Crippen molar-refractivity contribution in [3.63, 3.8) is 0 Å². The summed E-state index contributed by atoms with van der Waals surface area (Å²) < 4.78 is 1.82. The van der Waals surface area contributed by atoms with Gasteiger partial charge in [0.2, 0.25) is 0 Å². The molecule has 1 aliphatic heterocycles. The second kappa shape index (κ2) is 8.05. The van der Waals surface area contributed by atoms with Gasteiger partial charge in [0.15, 0.2) is 5.65 Å². The van der Waals surface area contributed by atoms with Gasteiger partial charge >= 0.3 is 0 Å². The zero-order chi connectivity index (χ0) is 22.1. The van der Waals surface area contributed by atoms with Crippen LogP contribution in [0.5, 0.6) is 0 Å². The number of rotatable bonds is 1. The average Bonchev–Trinajstić information content (AvgIpc) is 3.43. The Morgan fingerprint density at radius 2 is 1.97 bits per heavy atom. The molecule has 0 radical (unpaired) electrons. The number of fused-ring (bicyclic) bond motifs is 2. The van der Waals surface area contributed by atoms with E-state index in [1.165, 1.54) is 11.7 Å². The third kappa shape index (κ3) is 3.51. The lowest BCUT2D eigenvalue weighted by Gasteiger charge is -2.13. The lowest BCUT2D eigenvalue weighted by molar-refractivity contribution is -0.124. The highest BCUT2D eigenvalue weighted by atomic mass is 16.2. The van der Waals surface area contributed by atoms with Crippen molar-refractivity contribution in [1.82, 2.24) is 24.6 Å². The Morgan fingerprint density at radius 1 is 1.12 bits per heavy atom. The molecule has 2 aromatic heterocycles. The van der Waals surface area contributed by atoms with Crippen molar-refractivity contribution in [3.05, 3.63) is 60.0 Å². The number of likely N-dealkylation sites (tertiary alicyclic amines) is 1. The fourth-order valence-corrected chi connectivity index (χ4v) is 4.05. The largest absolute Gasteiger partial charge is 0.383 e. The zero-order valence-corrected chi connectivity index (χ0v) is 17.5. The van der Waals surface area contributed by atoms with E-state index in [0.29, 0.717) is 35.6 Å². The van der Waals surface area contributed by atoms with E-state index in [-0.39, 0.29) is 11.9 Å². The first-order chi connectivity index (χ1) is 15.6. The van der Waals surface area contributed by atoms with Crippen LogP contribution in [0, 0.1) is 23.7 Å². The van der Waals surface area contributed by atoms with Crippen LogP contribution in [0.15, 0.2) is 48.8 Å². The first-order valence-electron chi connectivity index (χ1n) is 10.3. The van der Waals surface area contributed by atoms with Crippen LogP contribution in [0.25, 0.3) is 21.8 Å². The van der Waals surface area contributed by atoms with Gasteiger partial charge in [-0.05, 0) is 48.1 Å². The molecule has 1 fully saturated rings. The Bertz CT molecular complexity index is 1480. The van der Waals surface area contributed by atoms with Crippen LogP contribution < -0.4 is 5.73 Å². The first kappa shape index (κ1) is 19.6. The van der Waals surface area contributed by atoms with Gasteiger partial charge in [0.05, 0.1) is 11.4 Å². The van der Waals surface area contributed by atoms with E-state index in [0.717, 1.165) is 17.4 Å². The van der Waals surface area contributed by atoms with E-state index in [2.05, 4.69) is 57.9 Å². The molecule has 2 N–H and O–H groups in total. The van der Waals surface area contributed by atoms with Gasteiger partial charge < -0.3 is 10.6 Å². The lowest BCUT2D eigenvalue weighted by atomic mass is 10.1. The van der Waals surface area contributed by atoms with Crippen LogP contribution >= 0.6 is 0 Å². The van der Waals surface area contributed by atoms with Gasteiger partial charge in [-0.25, -0.2) is 14.6 Å². The van der Waals surface area contributed by atoms with E-state index in [1.54, 1.807) is 11.8 Å². The van der Waals surface area contributed by atoms with Gasteiger partial charge in [-0.3, -0.25) is 4.79 Å². The van der Waals surface area contributed by atoms with Crippen molar-refractivity contribution in [1.29, 1.82) is 0 Å². The van der Waals surface area contributed by atoms with E-state index >= 15 is 0 Å². The number of nitrogen functional groups attached to an aromatic ring is 1. The lowest BCUT2D eigenvalue weighted by Crippen LogP contribution is -2.28. The number of hydrogen-bond donors (Lipinski definition) is 1. The third-order valence-corrected chi connectivity index (χ3v) is 5.62. The molecule has 1 atom stereocenters. The molecule has 1 saturated heterocycles. The maximum atomic E-state index is 12.2. The Kier molecular flexibility index (Phi) is 4.93. The standard InChI is InChI=1S/C25H20N6O/c1-2-5-22(32)30-13-12-20(15-30)31-25-23(24(26)27-16-28-25)21(29-31)11-9-17-8-10-18-6-3-4-7-19(18)14-17/h3-4,6-8,10,14,16,20H,12-13,15H2,1H3,(H2,26,27,28)/t20-/m0/s1. The highest BCUT2D eigenvalue weighted by Gasteiger charge is 2.29. The Labute approximate surface area is 185 Å². The maximum absolute atomic E-state index is 12.2. The minimum atomic E-state index is -0.170. The Morgan fingerprint density at radius 3 is 2.81 bits per heavy atom. The van der Waals surface area contributed by atoms with Crippen molar-refractivity contribution in [2.45, 2.75) is 19.4 Å². The van der Waals surface area contributed by atoms with Crippen LogP contribution in [0.4, 0.5) is 5.82 Å². The molecule has 0 aliphatic carbocycles. The van der Waals surface area contributed by atoms with Crippen molar-refractivity contribution in [2.24, 2.45) is 0 Å². The summed E-state index contributed by atoms with van der Waals surface area (Å²) in [5.74, 6) is 11.8. The average molecular weight is 420 g/mol. The third-order valence-electron chi connectivity index (χ3n) is 5.62. The molecule has 0 bridgehead atoms. The fourth-order valence-electron chi connectivity index (χ4n) is 4.05. The summed E-state index contributed by atoms with van der Waals surface area (Å²) in [5, 5.41) is 7.67. The van der Waals surface area contributed by atoms with Crippen LogP contribution in [-0.4, -0.2) is 43.6 Å². The summed E-state index contributed by atoms with van der Waals surface area (Å²) in [4.78, 5) is 22.4. The molecule has 3 heterocycles. The molecule has 5 rings (SSSR count). The highest BCUT2D eigenvalue weighted by Crippen LogP contribution is 2.28. The van der Waals surface area contributed by atoms with Gasteiger partial charge in [-0.15, -0.1) is 0 Å². The van der Waals surface area contributed by atoms with Gasteiger partial charge in [0, 0.05) is 18.7 Å². The van der Waals surface area contributed by atoms with Gasteiger partial charge in [0.1, 0.15) is 17.8 Å². The molecule has 1 aliphatic rings. The Hall–Kier alpha value is -4.36. The van der Waals surface area contributed by atoms with Gasteiger partial charge in [0.25, 0.3) is 5.91 Å². The number of nitrogens with zero attached hydrogens (tertiary/aromatic N) is 5. The second-order valence-electron chi connectivity index (χ2n) is 7.63. The quantitative estimate of drug-likeness (QED) is 0.478. The molecular weight excluding hydrogens is 400 g/mol. The molecule has 0 saturated carbocycles. The molecule has 32 heavy (non-hydrogen) atoms. The van der Waals surface area contributed by atoms with Crippen LogP contribution in [0.1, 0.15) is 30.6 Å². The van der Waals surface area contributed by atoms with Crippen LogP contribution in [-0.2, 0) is 4.79 Å². The molecule has 0 spiro atoms. The number of aromatic nitrogens is 4. The van der Waals surface area contributed by atoms with Crippen LogP contribution in [0.3, 0.4) is 0 Å². The van der Waals surface area contributed by atoms with Gasteiger partial charge in [-0.2, -0.15) is 5.10 Å². The molecule has 1 amide bonds. The summed E-state index contributed by atoms with van der Waals surface area (Å²) in [5.41, 5.74) is 8.22. The van der Waals surface area contributed by atoms with Crippen molar-refractivity contribution in [3.8, 4) is 23.7 Å². The topological polar surface area (TPSA) is 89.9 Å². The van der Waals surface area contributed by atoms with Crippen molar-refractivity contribution >= 4 is 33.5 Å². The van der Waals surface area contributed by atoms with Crippen molar-refractivity contribution in [2.75, 3.05) is 18.8 Å². The molecular formula is C25H20N6O. The van der Waals surface area contributed by atoms with E-state index in [1.807, 2.05) is 22.9 Å². The number of anilines is 1. The number of amides is 1. The summed E-state index contributed by atoms with van der Waals surface area (Å²) >= 11 is 0. The summed E-state index contributed by atoms with van der Waals surface area (Å²) in [6.07, 6.45) is 2.19. The molecule has 0 unspecified atom stereocenters. The second-order valence-corrected chi connectivity index (χ2v) is 7.63. The highest BCUT2D eigenvalue weighted by molar-refractivity contribution is 5.94. The molecule has 4 aromatic rings. The molecule has 7 heteroatoms. The fraction of sp³-hybridized carbons (Fsp3) is 0.200. The molecule has 2 aromatic carbocycles. The number of carbonyl (C=O) groups excluding carboxylic acids is 1. The predicted molar refractivity (Wildman–Crippen MR) is 123 cm³/mol. The normalized spacial score (nSPS) is 15.3. The monoisotopic (exact) mass is 420 g/mol. The number of benzene rings is 2. The zero-order valence-electron chi connectivity index (χ0n) is 17.5. The number of hydrogen-bond acceptors (Lipinski definition) is 5. The first-order valence-corrected chi connectivity index (χ1v) is 10.3. The smallest absolute Gasteiger partial charge is 0.298 e. The van der Waals surface area contributed by atoms with Crippen molar-refractivity contribution < 1.29 is 4.79 Å². The summed E-state index contributed by atoms with van der Waals surface area (Å²) in [6.45, 7) is 2.80. The van der Waals surface area contributed by atoms with E-state index in [4.69, 9.17) is 10.8 Å². The molecule has 7 nitrogen and oxygen atoms in total. The predicted octanol–water partition coefficient (Wildman–Crippen LogP) is 2.76. The minimum absolute atomic E-state index is 0.0226. The van der Waals surface area contributed by atoms with E-state index in [9.17, 15) is 4.79 Å².